The summed E-state index contributed by atoms with van der Waals surface area (Å²) in [6, 6.07) is 0.622. The summed E-state index contributed by atoms with van der Waals surface area (Å²) in [5.41, 5.74) is 0.136. The van der Waals surface area contributed by atoms with E-state index in [0.29, 0.717) is 11.8 Å². The molecule has 0 radical (unpaired) electrons. The Kier molecular flexibility index (Phi) is 5.15. The van der Waals surface area contributed by atoms with E-state index in [0.717, 1.165) is 51.6 Å². The van der Waals surface area contributed by atoms with E-state index >= 15 is 0 Å². The maximum atomic E-state index is 12.7. The van der Waals surface area contributed by atoms with Gasteiger partial charge in [-0.05, 0) is 63.5 Å². The van der Waals surface area contributed by atoms with Crippen molar-refractivity contribution in [3.05, 3.63) is 0 Å². The van der Waals surface area contributed by atoms with E-state index in [9.17, 15) is 8.42 Å². The minimum atomic E-state index is -3.04. The van der Waals surface area contributed by atoms with Crippen LogP contribution >= 0.6 is 0 Å². The van der Waals surface area contributed by atoms with Crippen molar-refractivity contribution < 1.29 is 8.42 Å². The van der Waals surface area contributed by atoms with Gasteiger partial charge >= 0.3 is 0 Å². The van der Waals surface area contributed by atoms with Crippen molar-refractivity contribution in [2.45, 2.75) is 70.8 Å². The van der Waals surface area contributed by atoms with Crippen molar-refractivity contribution in [2.75, 3.05) is 31.9 Å². The molecule has 3 aliphatic rings. The first-order chi connectivity index (χ1) is 10.5. The fraction of sp³-hybridized carbons (Fsp3) is 1.00. The standard InChI is InChI=1S/C17H32N2O2S/c1-2-8-17(9-10-17)15-22(20,21)19-13-6-16(7-14-19)18-11-4-3-5-12-18/h16H,2-15H2,1H3. The first-order valence-corrected chi connectivity index (χ1v) is 10.9. The molecule has 2 heterocycles. The molecule has 0 spiro atoms. The fourth-order valence-electron chi connectivity index (χ4n) is 4.42. The molecule has 0 N–H and O–H groups in total. The summed E-state index contributed by atoms with van der Waals surface area (Å²) in [4.78, 5) is 2.60. The van der Waals surface area contributed by atoms with Crippen LogP contribution in [0.5, 0.6) is 0 Å². The van der Waals surface area contributed by atoms with Gasteiger partial charge in [0.2, 0.25) is 10.0 Å². The summed E-state index contributed by atoms with van der Waals surface area (Å²) in [6.45, 7) is 6.09. The van der Waals surface area contributed by atoms with E-state index in [-0.39, 0.29) is 5.41 Å². The van der Waals surface area contributed by atoms with Crippen molar-refractivity contribution in [1.29, 1.82) is 0 Å². The van der Waals surface area contributed by atoms with Crippen LogP contribution in [0.1, 0.15) is 64.7 Å². The summed E-state index contributed by atoms with van der Waals surface area (Å²) in [5.74, 6) is 0.405. The molecule has 0 aromatic carbocycles. The molecule has 0 atom stereocenters. The lowest BCUT2D eigenvalue weighted by molar-refractivity contribution is 0.117. The Morgan fingerprint density at radius 2 is 1.64 bits per heavy atom. The number of nitrogens with zero attached hydrogens (tertiary/aromatic N) is 2. The van der Waals surface area contributed by atoms with Gasteiger partial charge in [-0.3, -0.25) is 0 Å². The maximum absolute atomic E-state index is 12.7. The molecule has 0 aromatic rings. The van der Waals surface area contributed by atoms with Crippen LogP contribution in [0.4, 0.5) is 0 Å². The fourth-order valence-corrected chi connectivity index (χ4v) is 6.58. The summed E-state index contributed by atoms with van der Waals surface area (Å²) in [7, 11) is -3.04. The number of sulfonamides is 1. The molecule has 0 amide bonds. The van der Waals surface area contributed by atoms with Gasteiger partial charge in [0, 0.05) is 19.1 Å². The van der Waals surface area contributed by atoms with E-state index in [1.54, 1.807) is 4.31 Å². The molecular formula is C17H32N2O2S. The lowest BCUT2D eigenvalue weighted by Gasteiger charge is -2.40. The predicted molar refractivity (Wildman–Crippen MR) is 90.4 cm³/mol. The van der Waals surface area contributed by atoms with E-state index < -0.39 is 10.0 Å². The second-order valence-electron chi connectivity index (χ2n) is 7.73. The van der Waals surface area contributed by atoms with Crippen LogP contribution in [0.3, 0.4) is 0 Å². The molecule has 2 aliphatic heterocycles. The second kappa shape index (κ2) is 6.78. The minimum Gasteiger partial charge on any atom is -0.300 e. The van der Waals surface area contributed by atoms with E-state index in [1.165, 1.54) is 32.4 Å². The van der Waals surface area contributed by atoms with Gasteiger partial charge < -0.3 is 4.90 Å². The van der Waals surface area contributed by atoms with Gasteiger partial charge in [-0.1, -0.05) is 19.8 Å². The van der Waals surface area contributed by atoms with Gasteiger partial charge in [-0.15, -0.1) is 0 Å². The molecule has 2 saturated heterocycles. The van der Waals surface area contributed by atoms with Gasteiger partial charge in [-0.2, -0.15) is 0 Å². The molecule has 1 aliphatic carbocycles. The third-order valence-electron chi connectivity index (χ3n) is 5.95. The lowest BCUT2D eigenvalue weighted by atomic mass is 10.0. The third kappa shape index (κ3) is 3.85. The Morgan fingerprint density at radius 1 is 1.00 bits per heavy atom. The molecule has 3 rings (SSSR count). The topological polar surface area (TPSA) is 40.6 Å². The maximum Gasteiger partial charge on any atom is 0.214 e. The van der Waals surface area contributed by atoms with Crippen molar-refractivity contribution in [2.24, 2.45) is 5.41 Å². The summed E-state index contributed by atoms with van der Waals surface area (Å²) in [5, 5.41) is 0. The molecule has 4 nitrogen and oxygen atoms in total. The van der Waals surface area contributed by atoms with Crippen LogP contribution in [0.15, 0.2) is 0 Å². The highest BCUT2D eigenvalue weighted by molar-refractivity contribution is 7.89. The van der Waals surface area contributed by atoms with Crippen LogP contribution < -0.4 is 0 Å². The van der Waals surface area contributed by atoms with E-state index in [2.05, 4.69) is 11.8 Å². The summed E-state index contributed by atoms with van der Waals surface area (Å²) >= 11 is 0. The average molecular weight is 329 g/mol. The number of rotatable bonds is 6. The number of piperidine rings is 2. The number of likely N-dealkylation sites (tertiary alicyclic amines) is 1. The zero-order valence-corrected chi connectivity index (χ0v) is 14.9. The Hall–Kier alpha value is -0.130. The quantitative estimate of drug-likeness (QED) is 0.753. The van der Waals surface area contributed by atoms with E-state index in [1.807, 2.05) is 0 Å². The largest absolute Gasteiger partial charge is 0.300 e. The number of hydrogen-bond donors (Lipinski definition) is 0. The van der Waals surface area contributed by atoms with Gasteiger partial charge in [0.25, 0.3) is 0 Å². The first-order valence-electron chi connectivity index (χ1n) is 9.27. The first kappa shape index (κ1) is 16.7. The molecule has 22 heavy (non-hydrogen) atoms. The summed E-state index contributed by atoms with van der Waals surface area (Å²) in [6.07, 6.45) is 10.5. The Morgan fingerprint density at radius 3 is 2.18 bits per heavy atom. The Balaban J connectivity index is 1.52. The third-order valence-corrected chi connectivity index (χ3v) is 8.08. The normalized spacial score (nSPS) is 27.9. The van der Waals surface area contributed by atoms with Gasteiger partial charge in [0.1, 0.15) is 0 Å². The van der Waals surface area contributed by atoms with Crippen molar-refractivity contribution in [1.82, 2.24) is 9.21 Å². The van der Waals surface area contributed by atoms with Crippen LogP contribution in [-0.2, 0) is 10.0 Å². The molecule has 1 saturated carbocycles. The highest BCUT2D eigenvalue weighted by Crippen LogP contribution is 2.51. The van der Waals surface area contributed by atoms with Crippen LogP contribution in [-0.4, -0.2) is 55.6 Å². The molecule has 0 aromatic heterocycles. The highest BCUT2D eigenvalue weighted by Gasteiger charge is 2.46. The van der Waals surface area contributed by atoms with Gasteiger partial charge in [0.15, 0.2) is 0 Å². The molecule has 3 fully saturated rings. The Bertz CT molecular complexity index is 459. The SMILES string of the molecule is CCCC1(CS(=O)(=O)N2CCC(N3CCCCC3)CC2)CC1. The van der Waals surface area contributed by atoms with Crippen LogP contribution in [0.2, 0.25) is 0 Å². The molecular weight excluding hydrogens is 296 g/mol. The zero-order chi connectivity index (χ0) is 15.6. The Labute approximate surface area is 136 Å². The highest BCUT2D eigenvalue weighted by atomic mass is 32.2. The monoisotopic (exact) mass is 328 g/mol. The van der Waals surface area contributed by atoms with Gasteiger partial charge in [-0.25, -0.2) is 12.7 Å². The predicted octanol–water partition coefficient (Wildman–Crippen LogP) is 2.85. The van der Waals surface area contributed by atoms with E-state index in [4.69, 9.17) is 0 Å². The zero-order valence-electron chi connectivity index (χ0n) is 14.1. The number of hydrogen-bond acceptors (Lipinski definition) is 3. The molecule has 0 unspecified atom stereocenters. The molecule has 5 heteroatoms. The lowest BCUT2D eigenvalue weighted by Crippen LogP contribution is -2.49. The van der Waals surface area contributed by atoms with Crippen LogP contribution in [0, 0.1) is 5.41 Å². The average Bonchev–Trinajstić information content (AvgIpc) is 3.27. The molecule has 0 bridgehead atoms. The second-order valence-corrected chi connectivity index (χ2v) is 9.70. The molecule has 128 valence electrons. The van der Waals surface area contributed by atoms with Gasteiger partial charge in [0.05, 0.1) is 5.75 Å². The summed E-state index contributed by atoms with van der Waals surface area (Å²) < 4.78 is 27.2. The minimum absolute atomic E-state index is 0.136. The van der Waals surface area contributed by atoms with Crippen molar-refractivity contribution in [3.8, 4) is 0 Å². The van der Waals surface area contributed by atoms with Crippen molar-refractivity contribution >= 4 is 10.0 Å². The smallest absolute Gasteiger partial charge is 0.214 e. The van der Waals surface area contributed by atoms with Crippen molar-refractivity contribution in [3.63, 3.8) is 0 Å². The van der Waals surface area contributed by atoms with Crippen LogP contribution in [0.25, 0.3) is 0 Å².